The Labute approximate surface area is 142 Å². The van der Waals surface area contributed by atoms with Gasteiger partial charge < -0.3 is 9.72 Å². The van der Waals surface area contributed by atoms with Gasteiger partial charge in [-0.05, 0) is 44.2 Å². The lowest BCUT2D eigenvalue weighted by atomic mass is 10.1. The van der Waals surface area contributed by atoms with Crippen LogP contribution in [0.3, 0.4) is 0 Å². The van der Waals surface area contributed by atoms with Crippen molar-refractivity contribution in [3.8, 4) is 0 Å². The number of alkyl halides is 2. The number of esters is 1. The van der Waals surface area contributed by atoms with Gasteiger partial charge in [-0.3, -0.25) is 4.79 Å². The molecule has 0 aliphatic rings. The number of rotatable bonds is 6. The Hall–Kier alpha value is -2.55. The molecule has 1 heterocycles. The van der Waals surface area contributed by atoms with E-state index in [0.717, 1.165) is 30.0 Å². The Balaban J connectivity index is 2.04. The Morgan fingerprint density at radius 1 is 1.16 bits per heavy atom. The van der Waals surface area contributed by atoms with Crippen LogP contribution in [0.25, 0.3) is 0 Å². The summed E-state index contributed by atoms with van der Waals surface area (Å²) in [5.74, 6) is -4.80. The highest BCUT2D eigenvalue weighted by molar-refractivity contribution is 7.91. The third-order valence-corrected chi connectivity index (χ3v) is 4.84. The van der Waals surface area contributed by atoms with Gasteiger partial charge in [0, 0.05) is 17.0 Å². The van der Waals surface area contributed by atoms with Crippen LogP contribution in [-0.2, 0) is 14.6 Å². The molecule has 1 aromatic carbocycles. The summed E-state index contributed by atoms with van der Waals surface area (Å²) >= 11 is 0. The van der Waals surface area contributed by atoms with Gasteiger partial charge in [0.25, 0.3) is 0 Å². The first-order chi connectivity index (χ1) is 11.6. The predicted molar refractivity (Wildman–Crippen MR) is 84.5 cm³/mol. The number of halogens is 2. The highest BCUT2D eigenvalue weighted by atomic mass is 32.2. The minimum atomic E-state index is -4.73. The highest BCUT2D eigenvalue weighted by Crippen LogP contribution is 2.19. The van der Waals surface area contributed by atoms with E-state index in [2.05, 4.69) is 4.98 Å². The molecule has 134 valence electrons. The Morgan fingerprint density at radius 2 is 1.76 bits per heavy atom. The number of benzene rings is 1. The number of ether oxygens (including phenoxy) is 1. The van der Waals surface area contributed by atoms with E-state index in [1.54, 1.807) is 19.9 Å². The van der Waals surface area contributed by atoms with Crippen molar-refractivity contribution in [1.29, 1.82) is 0 Å². The summed E-state index contributed by atoms with van der Waals surface area (Å²) in [5.41, 5.74) is 1.80. The summed E-state index contributed by atoms with van der Waals surface area (Å²) in [4.78, 5) is 26.3. The van der Waals surface area contributed by atoms with Crippen molar-refractivity contribution < 1.29 is 31.5 Å². The quantitative estimate of drug-likeness (QED) is 0.622. The lowest BCUT2D eigenvalue weighted by Crippen LogP contribution is -2.15. The zero-order chi connectivity index (χ0) is 18.8. The summed E-state index contributed by atoms with van der Waals surface area (Å²) < 4.78 is 52.4. The maximum atomic E-state index is 12.4. The topological polar surface area (TPSA) is 93.3 Å². The van der Waals surface area contributed by atoms with Crippen LogP contribution in [0.4, 0.5) is 8.78 Å². The zero-order valence-electron chi connectivity index (χ0n) is 13.4. The van der Waals surface area contributed by atoms with Crippen molar-refractivity contribution in [2.45, 2.75) is 24.5 Å². The van der Waals surface area contributed by atoms with Crippen molar-refractivity contribution in [2.24, 2.45) is 0 Å². The molecule has 0 atom stereocenters. The fourth-order valence-corrected chi connectivity index (χ4v) is 2.91. The average molecular weight is 371 g/mol. The monoisotopic (exact) mass is 371 g/mol. The maximum Gasteiger partial charge on any atom is 0.341 e. The van der Waals surface area contributed by atoms with Crippen molar-refractivity contribution in [3.63, 3.8) is 0 Å². The van der Waals surface area contributed by atoms with Gasteiger partial charge in [0.15, 0.2) is 6.61 Å². The molecular formula is C16H15F2NO5S. The molecule has 0 unspecified atom stereocenters. The number of H-pyrrole nitrogens is 1. The van der Waals surface area contributed by atoms with Crippen molar-refractivity contribution in [2.75, 3.05) is 6.61 Å². The number of hydrogen-bond acceptors (Lipinski definition) is 5. The van der Waals surface area contributed by atoms with E-state index in [0.29, 0.717) is 11.3 Å². The highest BCUT2D eigenvalue weighted by Gasteiger charge is 2.26. The van der Waals surface area contributed by atoms with E-state index in [9.17, 15) is 26.8 Å². The number of aromatic nitrogens is 1. The minimum absolute atomic E-state index is 0.0528. The molecule has 0 spiro atoms. The third kappa shape index (κ3) is 4.11. The Morgan fingerprint density at radius 3 is 2.24 bits per heavy atom. The number of ketones is 1. The molecule has 0 radical (unpaired) electrons. The predicted octanol–water partition coefficient (Wildman–Crippen LogP) is 2.67. The SMILES string of the molecule is Cc1cc(C(=O)COC(=O)c2ccc(S(=O)(=O)C(F)F)cc2)c(C)[nH]1. The van der Waals surface area contributed by atoms with Gasteiger partial charge >= 0.3 is 11.7 Å². The Bertz CT molecular complexity index is 901. The van der Waals surface area contributed by atoms with Gasteiger partial charge in [0.1, 0.15) is 0 Å². The van der Waals surface area contributed by atoms with E-state index in [1.807, 2.05) is 0 Å². The van der Waals surface area contributed by atoms with Crippen LogP contribution in [0.2, 0.25) is 0 Å². The van der Waals surface area contributed by atoms with E-state index in [-0.39, 0.29) is 5.56 Å². The second-order valence-electron chi connectivity index (χ2n) is 5.32. The molecule has 0 saturated heterocycles. The number of aryl methyl sites for hydroxylation is 2. The van der Waals surface area contributed by atoms with Crippen molar-refractivity contribution in [3.05, 3.63) is 52.8 Å². The first-order valence-electron chi connectivity index (χ1n) is 7.11. The zero-order valence-corrected chi connectivity index (χ0v) is 14.2. The van der Waals surface area contributed by atoms with E-state index in [4.69, 9.17) is 4.74 Å². The smallest absolute Gasteiger partial charge is 0.341 e. The largest absolute Gasteiger partial charge is 0.454 e. The van der Waals surface area contributed by atoms with Crippen LogP contribution >= 0.6 is 0 Å². The van der Waals surface area contributed by atoms with E-state index < -0.39 is 38.8 Å². The number of Topliss-reactive ketones (excluding diaryl/α,β-unsaturated/α-hetero) is 1. The first kappa shape index (κ1) is 18.8. The number of nitrogens with one attached hydrogen (secondary N) is 1. The van der Waals surface area contributed by atoms with Crippen LogP contribution in [0, 0.1) is 13.8 Å². The summed E-state index contributed by atoms with van der Waals surface area (Å²) in [7, 11) is -4.73. The number of sulfone groups is 1. The fraction of sp³-hybridized carbons (Fsp3) is 0.250. The first-order valence-corrected chi connectivity index (χ1v) is 8.66. The molecule has 2 aromatic rings. The lowest BCUT2D eigenvalue weighted by molar-refractivity contribution is 0.0474. The normalized spacial score (nSPS) is 11.6. The summed E-state index contributed by atoms with van der Waals surface area (Å²) in [6.07, 6.45) is 0. The van der Waals surface area contributed by atoms with Crippen molar-refractivity contribution in [1.82, 2.24) is 4.98 Å². The molecule has 6 nitrogen and oxygen atoms in total. The molecular weight excluding hydrogens is 356 g/mol. The van der Waals surface area contributed by atoms with Gasteiger partial charge in [0.05, 0.1) is 10.5 Å². The summed E-state index contributed by atoms with van der Waals surface area (Å²) in [6, 6.07) is 5.51. The molecule has 1 N–H and O–H groups in total. The van der Waals surface area contributed by atoms with Crippen molar-refractivity contribution >= 4 is 21.6 Å². The molecule has 0 amide bonds. The lowest BCUT2D eigenvalue weighted by Gasteiger charge is -2.06. The molecule has 2 rings (SSSR count). The molecule has 0 aliphatic heterocycles. The van der Waals surface area contributed by atoms with Gasteiger partial charge in [-0.2, -0.15) is 8.78 Å². The second-order valence-corrected chi connectivity index (χ2v) is 7.24. The van der Waals surface area contributed by atoms with Gasteiger partial charge in [-0.15, -0.1) is 0 Å². The van der Waals surface area contributed by atoms with E-state index in [1.165, 1.54) is 0 Å². The van der Waals surface area contributed by atoms with E-state index >= 15 is 0 Å². The molecule has 1 aromatic heterocycles. The van der Waals surface area contributed by atoms with Crippen LogP contribution in [0.1, 0.15) is 32.1 Å². The Kier molecular flexibility index (Phi) is 5.36. The molecule has 25 heavy (non-hydrogen) atoms. The van der Waals surface area contributed by atoms with Gasteiger partial charge in [-0.1, -0.05) is 0 Å². The van der Waals surface area contributed by atoms with Crippen LogP contribution in [0.15, 0.2) is 35.2 Å². The van der Waals surface area contributed by atoms with Crippen LogP contribution in [0.5, 0.6) is 0 Å². The second kappa shape index (κ2) is 7.14. The van der Waals surface area contributed by atoms with Gasteiger partial charge in [0.2, 0.25) is 15.6 Å². The number of aromatic amines is 1. The number of carbonyl (C=O) groups is 2. The van der Waals surface area contributed by atoms with Crippen LogP contribution in [-0.4, -0.2) is 37.5 Å². The van der Waals surface area contributed by atoms with Gasteiger partial charge in [-0.25, -0.2) is 13.2 Å². The maximum absolute atomic E-state index is 12.4. The molecule has 0 saturated carbocycles. The average Bonchev–Trinajstić information content (AvgIpc) is 2.90. The standard InChI is InChI=1S/C16H15F2NO5S/c1-9-7-13(10(2)19-9)14(20)8-24-15(21)11-3-5-12(6-4-11)25(22,23)16(17)18/h3-7,16,19H,8H2,1-2H3. The van der Waals surface area contributed by atoms with Crippen LogP contribution < -0.4 is 0 Å². The molecule has 0 aliphatic carbocycles. The number of hydrogen-bond donors (Lipinski definition) is 1. The third-order valence-electron chi connectivity index (χ3n) is 3.44. The fourth-order valence-electron chi connectivity index (χ4n) is 2.19. The molecule has 9 heteroatoms. The summed E-state index contributed by atoms with van der Waals surface area (Å²) in [6.45, 7) is 3.00. The summed E-state index contributed by atoms with van der Waals surface area (Å²) in [5, 5.41) is 0. The molecule has 0 fully saturated rings. The number of carbonyl (C=O) groups excluding carboxylic acids is 2. The molecule has 0 bridgehead atoms. The minimum Gasteiger partial charge on any atom is -0.454 e.